The summed E-state index contributed by atoms with van der Waals surface area (Å²) in [5, 5.41) is 0. The van der Waals surface area contributed by atoms with E-state index in [1.54, 1.807) is 0 Å². The molecule has 0 amide bonds. The van der Waals surface area contributed by atoms with Crippen LogP contribution in [0.15, 0.2) is 24.4 Å². The Morgan fingerprint density at radius 1 is 1.42 bits per heavy atom. The fourth-order valence-electron chi connectivity index (χ4n) is 2.13. The average molecular weight is 328 g/mol. The number of methoxy groups -OCH3 is 1. The molecule has 1 aromatic heterocycles. The first-order valence-electron chi connectivity index (χ1n) is 6.31. The van der Waals surface area contributed by atoms with Gasteiger partial charge in [0.05, 0.1) is 7.11 Å². The van der Waals surface area contributed by atoms with Crippen molar-refractivity contribution in [2.45, 2.75) is 4.83 Å². The van der Waals surface area contributed by atoms with Gasteiger partial charge in [-0.15, -0.1) is 0 Å². The summed E-state index contributed by atoms with van der Waals surface area (Å²) in [6, 6.07) is 5.95. The molecule has 19 heavy (non-hydrogen) atoms. The Balaban J connectivity index is 1.81. The molecule has 104 valence electrons. The van der Waals surface area contributed by atoms with Crippen LogP contribution >= 0.6 is 15.9 Å². The molecule has 1 unspecified atom stereocenters. The number of nitrogens with zero attached hydrogens (tertiary/aromatic N) is 3. The summed E-state index contributed by atoms with van der Waals surface area (Å²) < 4.78 is 4.71. The summed E-state index contributed by atoms with van der Waals surface area (Å²) in [5.74, 6) is 0.803. The van der Waals surface area contributed by atoms with E-state index in [0.717, 1.165) is 32.0 Å². The lowest BCUT2D eigenvalue weighted by molar-refractivity contribution is -0.140. The van der Waals surface area contributed by atoms with E-state index in [4.69, 9.17) is 4.74 Å². The first-order valence-corrected chi connectivity index (χ1v) is 7.22. The molecule has 1 aliphatic heterocycles. The molecule has 0 bridgehead atoms. The quantitative estimate of drug-likeness (QED) is 0.613. The van der Waals surface area contributed by atoms with Gasteiger partial charge in [0.2, 0.25) is 0 Å². The number of ether oxygens (including phenoxy) is 1. The zero-order valence-electron chi connectivity index (χ0n) is 11.0. The van der Waals surface area contributed by atoms with Crippen molar-refractivity contribution in [1.82, 2.24) is 9.88 Å². The van der Waals surface area contributed by atoms with Gasteiger partial charge in [0.15, 0.2) is 0 Å². The number of alkyl halides is 1. The number of halogens is 1. The van der Waals surface area contributed by atoms with Crippen molar-refractivity contribution in [1.29, 1.82) is 0 Å². The summed E-state index contributed by atoms with van der Waals surface area (Å²) in [6.07, 6.45) is 1.81. The summed E-state index contributed by atoms with van der Waals surface area (Å²) in [6.45, 7) is 4.39. The van der Waals surface area contributed by atoms with Crippen LogP contribution in [0.3, 0.4) is 0 Å². The third-order valence-corrected chi connectivity index (χ3v) is 3.88. The third kappa shape index (κ3) is 3.91. The maximum absolute atomic E-state index is 11.4. The lowest BCUT2D eigenvalue weighted by atomic mass is 10.3. The van der Waals surface area contributed by atoms with Gasteiger partial charge in [-0.2, -0.15) is 0 Å². The molecule has 2 rings (SSSR count). The number of hydrogen-bond acceptors (Lipinski definition) is 5. The first kappa shape index (κ1) is 14.3. The number of rotatable bonds is 4. The van der Waals surface area contributed by atoms with Crippen LogP contribution in [0.5, 0.6) is 0 Å². The number of esters is 1. The minimum Gasteiger partial charge on any atom is -0.468 e. The number of anilines is 1. The van der Waals surface area contributed by atoms with Crippen molar-refractivity contribution in [3.8, 4) is 0 Å². The topological polar surface area (TPSA) is 45.7 Å². The van der Waals surface area contributed by atoms with Gasteiger partial charge < -0.3 is 9.64 Å². The first-order chi connectivity index (χ1) is 9.20. The van der Waals surface area contributed by atoms with Crippen LogP contribution in [0.4, 0.5) is 5.82 Å². The highest BCUT2D eigenvalue weighted by Gasteiger charge is 2.23. The second-order valence-corrected chi connectivity index (χ2v) is 5.57. The number of carbonyl (C=O) groups excluding carboxylic acids is 1. The highest BCUT2D eigenvalue weighted by Crippen LogP contribution is 2.14. The molecule has 6 heteroatoms. The summed E-state index contributed by atoms with van der Waals surface area (Å²) >= 11 is 3.36. The standard InChI is InChI=1S/C13H18BrN3O2/c1-19-13(18)11(14)10-16-6-8-17(9-7-16)12-4-2-3-5-15-12/h2-5,11H,6-10H2,1H3. The lowest BCUT2D eigenvalue weighted by Gasteiger charge is -2.35. The molecule has 1 saturated heterocycles. The van der Waals surface area contributed by atoms with E-state index in [9.17, 15) is 4.79 Å². The van der Waals surface area contributed by atoms with Gasteiger partial charge >= 0.3 is 5.97 Å². The van der Waals surface area contributed by atoms with E-state index in [0.29, 0.717) is 6.54 Å². The average Bonchev–Trinajstić information content (AvgIpc) is 2.48. The maximum atomic E-state index is 11.4. The van der Waals surface area contributed by atoms with Crippen LogP contribution in [0.1, 0.15) is 0 Å². The molecular weight excluding hydrogens is 310 g/mol. The Bertz CT molecular complexity index is 408. The summed E-state index contributed by atoms with van der Waals surface area (Å²) in [4.78, 5) is 20.0. The molecule has 1 atom stereocenters. The smallest absolute Gasteiger partial charge is 0.320 e. The summed E-state index contributed by atoms with van der Waals surface area (Å²) in [7, 11) is 1.41. The molecule has 0 aromatic carbocycles. The lowest BCUT2D eigenvalue weighted by Crippen LogP contribution is -2.49. The largest absolute Gasteiger partial charge is 0.468 e. The molecule has 0 spiro atoms. The van der Waals surface area contributed by atoms with Crippen molar-refractivity contribution >= 4 is 27.7 Å². The highest BCUT2D eigenvalue weighted by atomic mass is 79.9. The molecule has 0 aliphatic carbocycles. The van der Waals surface area contributed by atoms with Crippen LogP contribution in [-0.4, -0.2) is 60.5 Å². The van der Waals surface area contributed by atoms with Gasteiger partial charge in [-0.3, -0.25) is 9.69 Å². The molecule has 1 fully saturated rings. The van der Waals surface area contributed by atoms with Gasteiger partial charge in [0.1, 0.15) is 10.6 Å². The fraction of sp³-hybridized carbons (Fsp3) is 0.538. The van der Waals surface area contributed by atoms with E-state index in [2.05, 4.69) is 30.7 Å². The Labute approximate surface area is 121 Å². The molecule has 0 saturated carbocycles. The van der Waals surface area contributed by atoms with E-state index in [1.165, 1.54) is 7.11 Å². The van der Waals surface area contributed by atoms with Gasteiger partial charge in [0, 0.05) is 38.9 Å². The Hall–Kier alpha value is -1.14. The Morgan fingerprint density at radius 2 is 2.16 bits per heavy atom. The fourth-order valence-corrected chi connectivity index (χ4v) is 2.73. The molecular formula is C13H18BrN3O2. The van der Waals surface area contributed by atoms with E-state index < -0.39 is 0 Å². The van der Waals surface area contributed by atoms with Crippen molar-refractivity contribution in [3.63, 3.8) is 0 Å². The number of aromatic nitrogens is 1. The zero-order valence-corrected chi connectivity index (χ0v) is 12.5. The maximum Gasteiger partial charge on any atom is 0.320 e. The van der Waals surface area contributed by atoms with Gasteiger partial charge in [-0.05, 0) is 12.1 Å². The van der Waals surface area contributed by atoms with Crippen LogP contribution in [-0.2, 0) is 9.53 Å². The van der Waals surface area contributed by atoms with Crippen LogP contribution < -0.4 is 4.90 Å². The SMILES string of the molecule is COC(=O)C(Br)CN1CCN(c2ccccn2)CC1. The third-order valence-electron chi connectivity index (χ3n) is 3.22. The molecule has 1 aliphatic rings. The normalized spacial score (nSPS) is 18.1. The van der Waals surface area contributed by atoms with Crippen molar-refractivity contribution in [3.05, 3.63) is 24.4 Å². The Kier molecular flexibility index (Phi) is 5.15. The van der Waals surface area contributed by atoms with Crippen LogP contribution in [0.2, 0.25) is 0 Å². The molecule has 5 nitrogen and oxygen atoms in total. The predicted octanol–water partition coefficient (Wildman–Crippen LogP) is 1.14. The second kappa shape index (κ2) is 6.86. The summed E-state index contributed by atoms with van der Waals surface area (Å²) in [5.41, 5.74) is 0. The van der Waals surface area contributed by atoms with E-state index in [1.807, 2.05) is 24.4 Å². The number of piperazine rings is 1. The predicted molar refractivity (Wildman–Crippen MR) is 77.6 cm³/mol. The van der Waals surface area contributed by atoms with E-state index >= 15 is 0 Å². The number of pyridine rings is 1. The van der Waals surface area contributed by atoms with E-state index in [-0.39, 0.29) is 10.8 Å². The van der Waals surface area contributed by atoms with Crippen molar-refractivity contribution in [2.75, 3.05) is 44.7 Å². The monoisotopic (exact) mass is 327 g/mol. The number of carbonyl (C=O) groups is 1. The minimum absolute atomic E-state index is 0.216. The second-order valence-electron chi connectivity index (χ2n) is 4.47. The molecule has 0 radical (unpaired) electrons. The molecule has 0 N–H and O–H groups in total. The molecule has 1 aromatic rings. The number of hydrogen-bond donors (Lipinski definition) is 0. The van der Waals surface area contributed by atoms with Gasteiger partial charge in [-0.1, -0.05) is 22.0 Å². The zero-order chi connectivity index (χ0) is 13.7. The molecule has 2 heterocycles. The highest BCUT2D eigenvalue weighted by molar-refractivity contribution is 9.10. The van der Waals surface area contributed by atoms with Gasteiger partial charge in [-0.25, -0.2) is 4.98 Å². The Morgan fingerprint density at radius 3 is 2.74 bits per heavy atom. The van der Waals surface area contributed by atoms with Gasteiger partial charge in [0.25, 0.3) is 0 Å². The van der Waals surface area contributed by atoms with Crippen LogP contribution in [0, 0.1) is 0 Å². The van der Waals surface area contributed by atoms with Crippen LogP contribution in [0.25, 0.3) is 0 Å². The minimum atomic E-state index is -0.251. The van der Waals surface area contributed by atoms with Crippen molar-refractivity contribution < 1.29 is 9.53 Å². The van der Waals surface area contributed by atoms with Crippen molar-refractivity contribution in [2.24, 2.45) is 0 Å².